The molecule has 1 heterocycles. The lowest BCUT2D eigenvalue weighted by Crippen LogP contribution is -2.40. The number of carbonyl (C=O) groups excluding carboxylic acids is 1. The second kappa shape index (κ2) is 5.36. The maximum absolute atomic E-state index is 12.3. The van der Waals surface area contributed by atoms with Crippen molar-refractivity contribution in [3.05, 3.63) is 23.7 Å². The molecule has 1 saturated carbocycles. The summed E-state index contributed by atoms with van der Waals surface area (Å²) in [5, 5.41) is 1.51. The van der Waals surface area contributed by atoms with Crippen molar-refractivity contribution in [1.82, 2.24) is 5.06 Å². The SMILES string of the molecule is CON(C(=O)c1ccoc1C)C1CCCCC1. The highest BCUT2D eigenvalue weighted by molar-refractivity contribution is 5.94. The van der Waals surface area contributed by atoms with Crippen LogP contribution >= 0.6 is 0 Å². The Balaban J connectivity index is 2.12. The van der Waals surface area contributed by atoms with Crippen molar-refractivity contribution in [2.75, 3.05) is 7.11 Å². The Bertz CT molecular complexity index is 380. The van der Waals surface area contributed by atoms with E-state index in [1.807, 2.05) is 0 Å². The normalized spacial score (nSPS) is 17.1. The Morgan fingerprint density at radius 1 is 1.41 bits per heavy atom. The minimum atomic E-state index is -0.0920. The van der Waals surface area contributed by atoms with Crippen LogP contribution in [0.5, 0.6) is 0 Å². The van der Waals surface area contributed by atoms with Gasteiger partial charge in [-0.25, -0.2) is 5.06 Å². The zero-order valence-electron chi connectivity index (χ0n) is 10.4. The van der Waals surface area contributed by atoms with Crippen LogP contribution in [0.15, 0.2) is 16.7 Å². The van der Waals surface area contributed by atoms with Gasteiger partial charge in [0.15, 0.2) is 0 Å². The van der Waals surface area contributed by atoms with E-state index in [1.165, 1.54) is 30.6 Å². The topological polar surface area (TPSA) is 42.7 Å². The molecule has 0 aliphatic heterocycles. The van der Waals surface area contributed by atoms with Crippen LogP contribution in [0.4, 0.5) is 0 Å². The zero-order valence-corrected chi connectivity index (χ0v) is 10.4. The quantitative estimate of drug-likeness (QED) is 0.759. The molecule has 0 spiro atoms. The maximum atomic E-state index is 12.3. The van der Waals surface area contributed by atoms with Crippen LogP contribution in [0, 0.1) is 6.92 Å². The predicted octanol–water partition coefficient (Wildman–Crippen LogP) is 2.92. The van der Waals surface area contributed by atoms with Gasteiger partial charge in [0.1, 0.15) is 5.76 Å². The lowest BCUT2D eigenvalue weighted by molar-refractivity contribution is -0.129. The fraction of sp³-hybridized carbons (Fsp3) is 0.615. The molecule has 1 aromatic heterocycles. The number of furan rings is 1. The third-order valence-electron chi connectivity index (χ3n) is 3.39. The number of amides is 1. The lowest BCUT2D eigenvalue weighted by Gasteiger charge is -2.31. The van der Waals surface area contributed by atoms with Gasteiger partial charge >= 0.3 is 0 Å². The fourth-order valence-electron chi connectivity index (χ4n) is 2.44. The van der Waals surface area contributed by atoms with E-state index in [1.54, 1.807) is 20.1 Å². The molecular weight excluding hydrogens is 218 g/mol. The van der Waals surface area contributed by atoms with Gasteiger partial charge in [0.2, 0.25) is 0 Å². The van der Waals surface area contributed by atoms with Gasteiger partial charge in [0.05, 0.1) is 25.0 Å². The van der Waals surface area contributed by atoms with E-state index in [9.17, 15) is 4.79 Å². The van der Waals surface area contributed by atoms with Gasteiger partial charge in [-0.1, -0.05) is 19.3 Å². The molecular formula is C13H19NO3. The van der Waals surface area contributed by atoms with Gasteiger partial charge in [-0.2, -0.15) is 0 Å². The summed E-state index contributed by atoms with van der Waals surface area (Å²) in [6, 6.07) is 1.91. The van der Waals surface area contributed by atoms with Crippen LogP contribution in [0.3, 0.4) is 0 Å². The zero-order chi connectivity index (χ0) is 12.3. The first-order valence-electron chi connectivity index (χ1n) is 6.16. The summed E-state index contributed by atoms with van der Waals surface area (Å²) in [5.41, 5.74) is 0.595. The summed E-state index contributed by atoms with van der Waals surface area (Å²) < 4.78 is 5.16. The highest BCUT2D eigenvalue weighted by Crippen LogP contribution is 2.24. The first kappa shape index (κ1) is 12.2. The van der Waals surface area contributed by atoms with Crippen molar-refractivity contribution in [3.63, 3.8) is 0 Å². The van der Waals surface area contributed by atoms with Crippen molar-refractivity contribution in [1.29, 1.82) is 0 Å². The summed E-state index contributed by atoms with van der Waals surface area (Å²) in [5.74, 6) is 0.554. The highest BCUT2D eigenvalue weighted by atomic mass is 16.7. The number of rotatable bonds is 3. The molecule has 1 fully saturated rings. The third kappa shape index (κ3) is 2.52. The molecule has 0 aromatic carbocycles. The molecule has 94 valence electrons. The van der Waals surface area contributed by atoms with Crippen LogP contribution in [-0.4, -0.2) is 24.1 Å². The van der Waals surface area contributed by atoms with Crippen LogP contribution in [0.25, 0.3) is 0 Å². The standard InChI is InChI=1S/C13H19NO3/c1-10-12(8-9-17-10)13(15)14(16-2)11-6-4-3-5-7-11/h8-9,11H,3-7H2,1-2H3. The predicted molar refractivity (Wildman–Crippen MR) is 63.5 cm³/mol. The largest absolute Gasteiger partial charge is 0.469 e. The summed E-state index contributed by atoms with van der Waals surface area (Å²) in [6.45, 7) is 1.79. The molecule has 0 unspecified atom stereocenters. The van der Waals surface area contributed by atoms with E-state index in [4.69, 9.17) is 9.25 Å². The molecule has 4 heteroatoms. The molecule has 1 aliphatic rings. The summed E-state index contributed by atoms with van der Waals surface area (Å²) in [4.78, 5) is 17.6. The average Bonchev–Trinajstić information content (AvgIpc) is 2.77. The molecule has 4 nitrogen and oxygen atoms in total. The number of nitrogens with zero attached hydrogens (tertiary/aromatic N) is 1. The Labute approximate surface area is 101 Å². The molecule has 1 amide bonds. The van der Waals surface area contributed by atoms with E-state index < -0.39 is 0 Å². The van der Waals surface area contributed by atoms with Gasteiger partial charge in [0.25, 0.3) is 5.91 Å². The van der Waals surface area contributed by atoms with E-state index in [0.29, 0.717) is 11.3 Å². The van der Waals surface area contributed by atoms with Crippen LogP contribution in [0.2, 0.25) is 0 Å². The molecule has 2 rings (SSSR count). The molecule has 1 aliphatic carbocycles. The minimum absolute atomic E-state index is 0.0920. The van der Waals surface area contributed by atoms with E-state index >= 15 is 0 Å². The Morgan fingerprint density at radius 3 is 2.65 bits per heavy atom. The Kier molecular flexibility index (Phi) is 3.84. The van der Waals surface area contributed by atoms with Gasteiger partial charge < -0.3 is 4.42 Å². The Hall–Kier alpha value is -1.29. The van der Waals surface area contributed by atoms with Gasteiger partial charge in [-0.05, 0) is 25.8 Å². The number of hydroxylamine groups is 2. The van der Waals surface area contributed by atoms with Crippen molar-refractivity contribution < 1.29 is 14.0 Å². The highest BCUT2D eigenvalue weighted by Gasteiger charge is 2.28. The van der Waals surface area contributed by atoms with Crippen LogP contribution in [-0.2, 0) is 4.84 Å². The van der Waals surface area contributed by atoms with Gasteiger partial charge in [0, 0.05) is 0 Å². The van der Waals surface area contributed by atoms with Crippen molar-refractivity contribution in [2.24, 2.45) is 0 Å². The molecule has 0 radical (unpaired) electrons. The molecule has 17 heavy (non-hydrogen) atoms. The van der Waals surface area contributed by atoms with E-state index in [0.717, 1.165) is 12.8 Å². The first-order valence-corrected chi connectivity index (χ1v) is 6.16. The number of carbonyl (C=O) groups is 1. The van der Waals surface area contributed by atoms with E-state index in [-0.39, 0.29) is 11.9 Å². The fourth-order valence-corrected chi connectivity index (χ4v) is 2.44. The molecule has 0 bridgehead atoms. The van der Waals surface area contributed by atoms with Crippen molar-refractivity contribution >= 4 is 5.91 Å². The first-order chi connectivity index (χ1) is 8.24. The second-order valence-electron chi connectivity index (χ2n) is 4.50. The molecule has 0 N–H and O–H groups in total. The molecule has 0 atom stereocenters. The van der Waals surface area contributed by atoms with Gasteiger partial charge in [-0.15, -0.1) is 0 Å². The minimum Gasteiger partial charge on any atom is -0.469 e. The lowest BCUT2D eigenvalue weighted by atomic mass is 9.95. The third-order valence-corrected chi connectivity index (χ3v) is 3.39. The summed E-state index contributed by atoms with van der Waals surface area (Å²) in [7, 11) is 1.56. The monoisotopic (exact) mass is 237 g/mol. The summed E-state index contributed by atoms with van der Waals surface area (Å²) >= 11 is 0. The molecule has 0 saturated heterocycles. The van der Waals surface area contributed by atoms with Gasteiger partial charge in [-0.3, -0.25) is 9.63 Å². The van der Waals surface area contributed by atoms with Crippen LogP contribution < -0.4 is 0 Å². The van der Waals surface area contributed by atoms with Crippen molar-refractivity contribution in [3.8, 4) is 0 Å². The average molecular weight is 237 g/mol. The number of hydrogen-bond donors (Lipinski definition) is 0. The molecule has 1 aromatic rings. The smallest absolute Gasteiger partial charge is 0.281 e. The number of hydrogen-bond acceptors (Lipinski definition) is 3. The maximum Gasteiger partial charge on any atom is 0.281 e. The summed E-state index contributed by atoms with van der Waals surface area (Å²) in [6.07, 6.45) is 7.18. The van der Waals surface area contributed by atoms with Crippen LogP contribution in [0.1, 0.15) is 48.2 Å². The van der Waals surface area contributed by atoms with E-state index in [2.05, 4.69) is 0 Å². The Morgan fingerprint density at radius 2 is 2.12 bits per heavy atom. The van der Waals surface area contributed by atoms with Crippen molar-refractivity contribution in [2.45, 2.75) is 45.1 Å². The number of aryl methyl sites for hydroxylation is 1. The second-order valence-corrected chi connectivity index (χ2v) is 4.50.